The first-order valence-corrected chi connectivity index (χ1v) is 8.62. The minimum absolute atomic E-state index is 0.00640. The molecule has 0 saturated heterocycles. The lowest BCUT2D eigenvalue weighted by molar-refractivity contribution is -0.384. The Labute approximate surface area is 149 Å². The van der Waals surface area contributed by atoms with E-state index in [0.717, 1.165) is 22.2 Å². The number of carbonyl (C=O) groups excluding carboxylic acids is 1. The van der Waals surface area contributed by atoms with Crippen LogP contribution in [0.15, 0.2) is 70.6 Å². The van der Waals surface area contributed by atoms with Crippen molar-refractivity contribution < 1.29 is 9.72 Å². The molecule has 0 spiro atoms. The zero-order chi connectivity index (χ0) is 17.8. The predicted molar refractivity (Wildman–Crippen MR) is 101 cm³/mol. The number of non-ortho nitro benzene ring substituents is 1. The first-order valence-electron chi connectivity index (χ1n) is 7.81. The monoisotopic (exact) mass is 352 g/mol. The first-order chi connectivity index (χ1) is 12.1. The summed E-state index contributed by atoms with van der Waals surface area (Å²) in [5, 5.41) is 11.7. The Morgan fingerprint density at radius 1 is 1.24 bits per heavy atom. The van der Waals surface area contributed by atoms with Gasteiger partial charge in [-0.2, -0.15) is 0 Å². The average Bonchev–Trinajstić information content (AvgIpc) is 2.97. The third-order valence-electron chi connectivity index (χ3n) is 3.74. The van der Waals surface area contributed by atoms with Gasteiger partial charge in [0.05, 0.1) is 15.6 Å². The number of benzene rings is 2. The molecule has 0 aliphatic carbocycles. The van der Waals surface area contributed by atoms with Crippen LogP contribution >= 0.6 is 11.8 Å². The highest BCUT2D eigenvalue weighted by Gasteiger charge is 2.23. The van der Waals surface area contributed by atoms with E-state index in [1.54, 1.807) is 36.0 Å². The molecular weight excluding hydrogens is 336 g/mol. The molecule has 5 nitrogen and oxygen atoms in total. The molecule has 0 amide bonds. The maximum absolute atomic E-state index is 12.3. The van der Waals surface area contributed by atoms with Gasteiger partial charge in [-0.15, -0.1) is 0 Å². The number of nitro groups is 1. The van der Waals surface area contributed by atoms with E-state index < -0.39 is 4.92 Å². The van der Waals surface area contributed by atoms with Gasteiger partial charge in [0.2, 0.25) is 0 Å². The number of rotatable bonds is 5. The van der Waals surface area contributed by atoms with E-state index in [4.69, 9.17) is 0 Å². The zero-order valence-electron chi connectivity index (χ0n) is 13.6. The van der Waals surface area contributed by atoms with Gasteiger partial charge in [-0.25, -0.2) is 0 Å². The molecule has 0 unspecified atom stereocenters. The van der Waals surface area contributed by atoms with Crippen LogP contribution in [0, 0.1) is 10.1 Å². The molecule has 25 heavy (non-hydrogen) atoms. The van der Waals surface area contributed by atoms with Crippen LogP contribution in [0.2, 0.25) is 0 Å². The van der Waals surface area contributed by atoms with Crippen LogP contribution in [0.4, 0.5) is 11.4 Å². The number of ketones is 1. The molecule has 1 aliphatic rings. The molecule has 1 aliphatic heterocycles. The van der Waals surface area contributed by atoms with Crippen molar-refractivity contribution in [2.24, 2.45) is 0 Å². The largest absolute Gasteiger partial charge is 0.335 e. The molecule has 126 valence electrons. The number of hydrogen-bond acceptors (Lipinski definition) is 5. The van der Waals surface area contributed by atoms with Gasteiger partial charge < -0.3 is 4.90 Å². The summed E-state index contributed by atoms with van der Waals surface area (Å²) in [6.45, 7) is 2.82. The molecule has 2 aromatic rings. The number of anilines is 1. The summed E-state index contributed by atoms with van der Waals surface area (Å²) < 4.78 is 0. The summed E-state index contributed by atoms with van der Waals surface area (Å²) >= 11 is 1.57. The van der Waals surface area contributed by atoms with Crippen molar-refractivity contribution in [1.29, 1.82) is 0 Å². The summed E-state index contributed by atoms with van der Waals surface area (Å²) in [6, 6.07) is 14.2. The van der Waals surface area contributed by atoms with Crippen LogP contribution < -0.4 is 4.90 Å². The van der Waals surface area contributed by atoms with Gasteiger partial charge in [-0.1, -0.05) is 42.1 Å². The normalized spacial score (nSPS) is 14.9. The molecule has 0 bridgehead atoms. The molecule has 0 radical (unpaired) electrons. The summed E-state index contributed by atoms with van der Waals surface area (Å²) in [4.78, 5) is 25.8. The Kier molecular flexibility index (Phi) is 5.00. The van der Waals surface area contributed by atoms with Crippen molar-refractivity contribution in [3.05, 3.63) is 81.4 Å². The summed E-state index contributed by atoms with van der Waals surface area (Å²) in [5.74, 6) is -0.153. The highest BCUT2D eigenvalue weighted by Crippen LogP contribution is 2.45. The quantitative estimate of drug-likeness (QED) is 0.445. The zero-order valence-corrected chi connectivity index (χ0v) is 14.4. The Balaban J connectivity index is 1.77. The fraction of sp³-hybridized carbons (Fsp3) is 0.105. The number of nitro benzene ring substituents is 1. The van der Waals surface area contributed by atoms with Crippen LogP contribution in [-0.2, 0) is 4.79 Å². The number of thioether (sulfide) groups is 1. The average molecular weight is 352 g/mol. The number of para-hydroxylation sites is 1. The molecule has 0 saturated carbocycles. The highest BCUT2D eigenvalue weighted by atomic mass is 32.2. The molecule has 0 fully saturated rings. The van der Waals surface area contributed by atoms with Crippen LogP contribution in [0.25, 0.3) is 6.08 Å². The minimum atomic E-state index is -0.452. The first kappa shape index (κ1) is 17.0. The molecule has 1 heterocycles. The highest BCUT2D eigenvalue weighted by molar-refractivity contribution is 8.03. The lowest BCUT2D eigenvalue weighted by Gasteiger charge is -2.17. The van der Waals surface area contributed by atoms with E-state index in [2.05, 4.69) is 4.90 Å². The van der Waals surface area contributed by atoms with Gasteiger partial charge >= 0.3 is 0 Å². The van der Waals surface area contributed by atoms with Crippen molar-refractivity contribution in [1.82, 2.24) is 0 Å². The molecule has 3 rings (SSSR count). The van der Waals surface area contributed by atoms with Crippen molar-refractivity contribution in [3.8, 4) is 0 Å². The minimum Gasteiger partial charge on any atom is -0.335 e. The number of carbonyl (C=O) groups is 1. The van der Waals surface area contributed by atoms with Gasteiger partial charge in [-0.3, -0.25) is 14.9 Å². The second kappa shape index (κ2) is 7.36. The van der Waals surface area contributed by atoms with Gasteiger partial charge in [0.15, 0.2) is 5.78 Å². The Hall–Kier alpha value is -2.86. The molecular formula is C19H16N2O3S. The standard InChI is InChI=1S/C19H16N2O3S/c1-2-20-17-8-3-4-9-18(17)25-19(20)13-16(22)11-10-14-6-5-7-15(12-14)21(23)24/h3-13H,2H2,1H3. The maximum atomic E-state index is 12.3. The molecule has 0 atom stereocenters. The van der Waals surface area contributed by atoms with E-state index >= 15 is 0 Å². The number of nitrogens with zero attached hydrogens (tertiary/aromatic N) is 2. The van der Waals surface area contributed by atoms with Crippen molar-refractivity contribution in [2.75, 3.05) is 11.4 Å². The van der Waals surface area contributed by atoms with Crippen LogP contribution in [0.1, 0.15) is 12.5 Å². The summed E-state index contributed by atoms with van der Waals surface area (Å²) in [7, 11) is 0. The number of hydrogen-bond donors (Lipinski definition) is 0. The molecule has 0 N–H and O–H groups in total. The Morgan fingerprint density at radius 3 is 2.80 bits per heavy atom. The second-order valence-corrected chi connectivity index (χ2v) is 6.45. The third-order valence-corrected chi connectivity index (χ3v) is 4.85. The lowest BCUT2D eigenvalue weighted by atomic mass is 10.1. The number of allylic oxidation sites excluding steroid dienone is 2. The van der Waals surface area contributed by atoms with Crippen LogP contribution in [-0.4, -0.2) is 17.3 Å². The van der Waals surface area contributed by atoms with E-state index in [1.807, 2.05) is 31.2 Å². The van der Waals surface area contributed by atoms with Crippen LogP contribution in [0.3, 0.4) is 0 Å². The topological polar surface area (TPSA) is 63.5 Å². The van der Waals surface area contributed by atoms with E-state index in [1.165, 1.54) is 18.2 Å². The fourth-order valence-corrected chi connectivity index (χ4v) is 3.74. The van der Waals surface area contributed by atoms with Gasteiger partial charge in [0.25, 0.3) is 5.69 Å². The summed E-state index contributed by atoms with van der Waals surface area (Å²) in [5.41, 5.74) is 1.74. The second-order valence-electron chi connectivity index (χ2n) is 5.38. The van der Waals surface area contributed by atoms with E-state index in [9.17, 15) is 14.9 Å². The van der Waals surface area contributed by atoms with E-state index in [0.29, 0.717) is 5.56 Å². The van der Waals surface area contributed by atoms with Crippen molar-refractivity contribution in [3.63, 3.8) is 0 Å². The lowest BCUT2D eigenvalue weighted by Crippen LogP contribution is -2.17. The predicted octanol–water partition coefficient (Wildman–Crippen LogP) is 4.65. The SMILES string of the molecule is CCN1C(=CC(=O)C=Cc2cccc([N+](=O)[O-])c2)Sc2ccccc21. The third kappa shape index (κ3) is 3.80. The molecule has 6 heteroatoms. The maximum Gasteiger partial charge on any atom is 0.270 e. The molecule has 2 aromatic carbocycles. The smallest absolute Gasteiger partial charge is 0.270 e. The van der Waals surface area contributed by atoms with Gasteiger partial charge in [-0.05, 0) is 30.7 Å². The summed E-state index contributed by atoms with van der Waals surface area (Å²) in [6.07, 6.45) is 4.63. The Bertz CT molecular complexity index is 890. The van der Waals surface area contributed by atoms with Crippen molar-refractivity contribution in [2.45, 2.75) is 11.8 Å². The van der Waals surface area contributed by atoms with Crippen molar-refractivity contribution >= 4 is 35.0 Å². The Morgan fingerprint density at radius 2 is 2.04 bits per heavy atom. The molecule has 0 aromatic heterocycles. The van der Waals surface area contributed by atoms with Gasteiger partial charge in [0, 0.05) is 29.6 Å². The van der Waals surface area contributed by atoms with Crippen LogP contribution in [0.5, 0.6) is 0 Å². The number of fused-ring (bicyclic) bond motifs is 1. The van der Waals surface area contributed by atoms with E-state index in [-0.39, 0.29) is 11.5 Å². The van der Waals surface area contributed by atoms with Gasteiger partial charge in [0.1, 0.15) is 0 Å². The fourth-order valence-electron chi connectivity index (χ4n) is 2.58.